The summed E-state index contributed by atoms with van der Waals surface area (Å²) >= 11 is 0. The molecule has 0 spiro atoms. The van der Waals surface area contributed by atoms with Gasteiger partial charge in [0, 0.05) is 26.1 Å². The van der Waals surface area contributed by atoms with E-state index < -0.39 is 11.6 Å². The van der Waals surface area contributed by atoms with Gasteiger partial charge in [-0.3, -0.25) is 19.6 Å². The zero-order valence-corrected chi connectivity index (χ0v) is 20.2. The van der Waals surface area contributed by atoms with E-state index in [1.807, 2.05) is 6.92 Å². The Kier molecular flexibility index (Phi) is 15.6. The number of nitrogens with one attached hydrogen (secondary N) is 2. The van der Waals surface area contributed by atoms with E-state index >= 15 is 0 Å². The molecular weight excluding hydrogens is 426 g/mol. The predicted octanol–water partition coefficient (Wildman–Crippen LogP) is -1.26. The first kappa shape index (κ1) is 30.4. The minimum Gasteiger partial charge on any atom is -0.388 e. The first-order valence-corrected chi connectivity index (χ1v) is 11.6. The molecule has 3 unspecified atom stereocenters. The van der Waals surface area contributed by atoms with Crippen molar-refractivity contribution in [2.24, 2.45) is 38.7 Å². The summed E-state index contributed by atoms with van der Waals surface area (Å²) in [7, 11) is 0. The van der Waals surface area contributed by atoms with Gasteiger partial charge in [-0.05, 0) is 51.9 Å². The molecule has 0 fully saturated rings. The number of guanidine groups is 2. The van der Waals surface area contributed by atoms with Gasteiger partial charge in [0.15, 0.2) is 11.9 Å². The van der Waals surface area contributed by atoms with Gasteiger partial charge in [-0.2, -0.15) is 0 Å². The van der Waals surface area contributed by atoms with Crippen LogP contribution < -0.4 is 39.3 Å². The molecule has 0 aliphatic heterocycles. The predicted molar refractivity (Wildman–Crippen MR) is 132 cm³/mol. The van der Waals surface area contributed by atoms with E-state index in [0.29, 0.717) is 64.6 Å². The van der Waals surface area contributed by atoms with Crippen molar-refractivity contribution in [2.45, 2.75) is 89.3 Å². The molecule has 12 nitrogen and oxygen atoms in total. The Morgan fingerprint density at radius 2 is 1.52 bits per heavy atom. The average Bonchev–Trinajstić information content (AvgIpc) is 2.74. The van der Waals surface area contributed by atoms with Crippen molar-refractivity contribution >= 4 is 23.7 Å². The molecule has 13 N–H and O–H groups in total. The molecule has 0 radical (unpaired) electrons. The summed E-state index contributed by atoms with van der Waals surface area (Å²) in [4.78, 5) is 32.1. The lowest BCUT2D eigenvalue weighted by atomic mass is 9.90. The third-order valence-electron chi connectivity index (χ3n) is 5.43. The number of rotatable bonds is 18. The van der Waals surface area contributed by atoms with Gasteiger partial charge in [0.1, 0.15) is 0 Å². The fraction of sp³-hybridized carbons (Fsp3) is 0.810. The molecule has 3 atom stereocenters. The molecule has 0 aliphatic rings. The maximum Gasteiger partial charge on any atom is 0.236 e. The lowest BCUT2D eigenvalue weighted by Gasteiger charge is -2.33. The molecule has 0 bridgehead atoms. The fourth-order valence-corrected chi connectivity index (χ4v) is 3.14. The van der Waals surface area contributed by atoms with Crippen molar-refractivity contribution in [3.63, 3.8) is 0 Å². The minimum absolute atomic E-state index is 0.0239. The zero-order chi connectivity index (χ0) is 25.3. The van der Waals surface area contributed by atoms with E-state index in [4.69, 9.17) is 28.7 Å². The highest BCUT2D eigenvalue weighted by Crippen LogP contribution is 2.19. The minimum atomic E-state index is -1.01. The van der Waals surface area contributed by atoms with Crippen molar-refractivity contribution in [1.82, 2.24) is 10.6 Å². The number of aliphatic hydroxyl groups is 1. The summed E-state index contributed by atoms with van der Waals surface area (Å²) in [6.45, 7) is 4.97. The SMILES string of the molecule is CCC(C)(O)C(CCCN=C(N)N)NC(=O)CCCCCNC(=O)C(N)CCCN=C(N)N. The summed E-state index contributed by atoms with van der Waals surface area (Å²) < 4.78 is 0. The maximum atomic E-state index is 12.4. The Morgan fingerprint density at radius 1 is 0.939 bits per heavy atom. The second-order valence-electron chi connectivity index (χ2n) is 8.44. The zero-order valence-electron chi connectivity index (χ0n) is 20.2. The molecule has 0 saturated heterocycles. The third-order valence-corrected chi connectivity index (χ3v) is 5.43. The number of carbonyl (C=O) groups is 2. The van der Waals surface area contributed by atoms with Crippen LogP contribution in [0.2, 0.25) is 0 Å². The van der Waals surface area contributed by atoms with Crippen molar-refractivity contribution in [3.05, 3.63) is 0 Å². The van der Waals surface area contributed by atoms with Crippen molar-refractivity contribution in [2.75, 3.05) is 19.6 Å². The summed E-state index contributed by atoms with van der Waals surface area (Å²) in [6, 6.07) is -0.975. The van der Waals surface area contributed by atoms with Gasteiger partial charge in [0.2, 0.25) is 11.8 Å². The summed E-state index contributed by atoms with van der Waals surface area (Å²) in [5.41, 5.74) is 26.0. The fourth-order valence-electron chi connectivity index (χ4n) is 3.14. The molecular formula is C21H45N9O3. The Balaban J connectivity index is 4.14. The maximum absolute atomic E-state index is 12.4. The van der Waals surface area contributed by atoms with Crippen LogP contribution in [0.3, 0.4) is 0 Å². The van der Waals surface area contributed by atoms with Gasteiger partial charge < -0.3 is 44.4 Å². The number of amides is 2. The summed E-state index contributed by atoms with van der Waals surface area (Å²) in [5.74, 6) is -0.264. The van der Waals surface area contributed by atoms with Crippen LogP contribution in [0.1, 0.15) is 71.6 Å². The molecule has 0 saturated carbocycles. The van der Waals surface area contributed by atoms with Crippen molar-refractivity contribution in [3.8, 4) is 0 Å². The Hall–Kier alpha value is -2.60. The van der Waals surface area contributed by atoms with Gasteiger partial charge in [0.05, 0.1) is 17.7 Å². The normalized spacial score (nSPS) is 14.4. The number of carbonyl (C=O) groups excluding carboxylic acids is 2. The molecule has 12 heteroatoms. The topological polar surface area (TPSA) is 233 Å². The van der Waals surface area contributed by atoms with Crippen LogP contribution in [0.4, 0.5) is 0 Å². The largest absolute Gasteiger partial charge is 0.388 e. The van der Waals surface area contributed by atoms with Crippen LogP contribution in [0, 0.1) is 0 Å². The number of aliphatic imine (C=N–C) groups is 2. The van der Waals surface area contributed by atoms with E-state index in [1.165, 1.54) is 0 Å². The molecule has 0 aromatic carbocycles. The van der Waals surface area contributed by atoms with Crippen molar-refractivity contribution < 1.29 is 14.7 Å². The van der Waals surface area contributed by atoms with E-state index in [-0.39, 0.29) is 29.8 Å². The number of hydrogen-bond donors (Lipinski definition) is 8. The second-order valence-corrected chi connectivity index (χ2v) is 8.44. The molecule has 0 aromatic heterocycles. The van der Waals surface area contributed by atoms with Gasteiger partial charge >= 0.3 is 0 Å². The molecule has 0 aliphatic carbocycles. The van der Waals surface area contributed by atoms with Crippen LogP contribution in [0.5, 0.6) is 0 Å². The lowest BCUT2D eigenvalue weighted by molar-refractivity contribution is -0.124. The highest BCUT2D eigenvalue weighted by molar-refractivity contribution is 5.81. The Morgan fingerprint density at radius 3 is 2.06 bits per heavy atom. The first-order chi connectivity index (χ1) is 15.5. The second kappa shape index (κ2) is 17.0. The Bertz CT molecular complexity index is 630. The first-order valence-electron chi connectivity index (χ1n) is 11.6. The molecule has 0 rings (SSSR count). The molecule has 2 amide bonds. The number of nitrogens with zero attached hydrogens (tertiary/aromatic N) is 2. The molecule has 192 valence electrons. The number of unbranched alkanes of at least 4 members (excludes halogenated alkanes) is 2. The third kappa shape index (κ3) is 15.8. The van der Waals surface area contributed by atoms with Gasteiger partial charge in [0.25, 0.3) is 0 Å². The Labute approximate surface area is 197 Å². The molecule has 0 heterocycles. The van der Waals surface area contributed by atoms with E-state index in [0.717, 1.165) is 12.8 Å². The standard InChI is InChI=1S/C21H45N9O3/c1-3-21(2,33)16(10-8-14-29-20(25)26)30-17(31)11-5-4-6-12-27-18(32)15(22)9-7-13-28-19(23)24/h15-16,33H,3-14,22H2,1-2H3,(H,27,32)(H,30,31)(H4,23,24,28)(H4,25,26,29). The lowest BCUT2D eigenvalue weighted by Crippen LogP contribution is -2.50. The van der Waals surface area contributed by atoms with Crippen LogP contribution in [0.25, 0.3) is 0 Å². The highest BCUT2D eigenvalue weighted by atomic mass is 16.3. The smallest absolute Gasteiger partial charge is 0.236 e. The van der Waals surface area contributed by atoms with Crippen LogP contribution in [-0.4, -0.2) is 66.2 Å². The quantitative estimate of drug-likeness (QED) is 0.0680. The summed E-state index contributed by atoms with van der Waals surface area (Å²) in [6.07, 6.45) is 5.41. The van der Waals surface area contributed by atoms with E-state index in [2.05, 4.69) is 20.6 Å². The molecule has 0 aromatic rings. The van der Waals surface area contributed by atoms with Gasteiger partial charge in [-0.15, -0.1) is 0 Å². The number of hydrogen-bond acceptors (Lipinski definition) is 6. The van der Waals surface area contributed by atoms with Gasteiger partial charge in [-0.25, -0.2) is 0 Å². The van der Waals surface area contributed by atoms with Crippen LogP contribution in [0.15, 0.2) is 9.98 Å². The highest BCUT2D eigenvalue weighted by Gasteiger charge is 2.30. The van der Waals surface area contributed by atoms with E-state index in [1.54, 1.807) is 6.92 Å². The van der Waals surface area contributed by atoms with Crippen LogP contribution >= 0.6 is 0 Å². The summed E-state index contributed by atoms with van der Waals surface area (Å²) in [5, 5.41) is 16.3. The monoisotopic (exact) mass is 471 g/mol. The average molecular weight is 472 g/mol. The molecule has 33 heavy (non-hydrogen) atoms. The van der Waals surface area contributed by atoms with Crippen molar-refractivity contribution in [1.29, 1.82) is 0 Å². The number of nitrogens with two attached hydrogens (primary N) is 5. The van der Waals surface area contributed by atoms with E-state index in [9.17, 15) is 14.7 Å². The van der Waals surface area contributed by atoms with Crippen LogP contribution in [-0.2, 0) is 9.59 Å². The van der Waals surface area contributed by atoms with Gasteiger partial charge in [-0.1, -0.05) is 13.3 Å².